The molecular weight excluding hydrogens is 304 g/mol. The number of sulfonamides is 1. The van der Waals surface area contributed by atoms with Gasteiger partial charge in [-0.05, 0) is 44.2 Å². The third-order valence-corrected chi connectivity index (χ3v) is 6.02. The van der Waals surface area contributed by atoms with Gasteiger partial charge in [0.1, 0.15) is 4.21 Å². The molecule has 1 heterocycles. The van der Waals surface area contributed by atoms with Gasteiger partial charge in [0.25, 0.3) is 10.0 Å². The molecule has 4 nitrogen and oxygen atoms in total. The molecule has 1 aromatic carbocycles. The second-order valence-electron chi connectivity index (χ2n) is 4.92. The summed E-state index contributed by atoms with van der Waals surface area (Å²) in [6.45, 7) is 7.46. The number of aryl methyl sites for hydroxylation is 2. The van der Waals surface area contributed by atoms with Crippen molar-refractivity contribution in [1.29, 1.82) is 0 Å². The molecule has 0 aliphatic carbocycles. The molecule has 0 saturated heterocycles. The maximum Gasteiger partial charge on any atom is 0.271 e. The fourth-order valence-electron chi connectivity index (χ4n) is 1.97. The predicted molar refractivity (Wildman–Crippen MR) is 88.4 cm³/mol. The number of hydrogen-bond donors (Lipinski definition) is 2. The minimum atomic E-state index is -3.51. The van der Waals surface area contributed by atoms with Crippen molar-refractivity contribution < 1.29 is 8.42 Å². The Labute approximate surface area is 130 Å². The Kier molecular flexibility index (Phi) is 5.03. The number of rotatable bonds is 6. The molecule has 0 spiro atoms. The Morgan fingerprint density at radius 1 is 1.14 bits per heavy atom. The molecule has 0 amide bonds. The number of thiophene rings is 1. The molecule has 0 aliphatic heterocycles. The SMILES string of the molecule is CCNCc1ccc(S(=O)(=O)Nc2ccc(C)cc2C)s1. The number of hydrogen-bond acceptors (Lipinski definition) is 4. The lowest BCUT2D eigenvalue weighted by Gasteiger charge is -2.09. The highest BCUT2D eigenvalue weighted by Gasteiger charge is 2.17. The minimum Gasteiger partial charge on any atom is -0.312 e. The highest BCUT2D eigenvalue weighted by atomic mass is 32.2. The van der Waals surface area contributed by atoms with Crippen molar-refractivity contribution in [2.24, 2.45) is 0 Å². The number of benzene rings is 1. The highest BCUT2D eigenvalue weighted by Crippen LogP contribution is 2.25. The average molecular weight is 324 g/mol. The van der Waals surface area contributed by atoms with E-state index >= 15 is 0 Å². The van der Waals surface area contributed by atoms with Crippen LogP contribution in [0, 0.1) is 13.8 Å². The van der Waals surface area contributed by atoms with Crippen molar-refractivity contribution in [3.8, 4) is 0 Å². The van der Waals surface area contributed by atoms with Crippen LogP contribution in [0.5, 0.6) is 0 Å². The molecule has 6 heteroatoms. The van der Waals surface area contributed by atoms with Crippen molar-refractivity contribution >= 4 is 27.0 Å². The van der Waals surface area contributed by atoms with Crippen LogP contribution in [0.3, 0.4) is 0 Å². The molecule has 2 rings (SSSR count). The normalized spacial score (nSPS) is 11.6. The van der Waals surface area contributed by atoms with Gasteiger partial charge in [-0.2, -0.15) is 0 Å². The first-order valence-corrected chi connectivity index (χ1v) is 9.12. The summed E-state index contributed by atoms with van der Waals surface area (Å²) < 4.78 is 27.8. The van der Waals surface area contributed by atoms with Crippen LogP contribution in [-0.4, -0.2) is 15.0 Å². The van der Waals surface area contributed by atoms with Gasteiger partial charge in [0, 0.05) is 11.4 Å². The van der Waals surface area contributed by atoms with Crippen LogP contribution in [0.1, 0.15) is 22.9 Å². The summed E-state index contributed by atoms with van der Waals surface area (Å²) in [5.74, 6) is 0. The Bertz CT molecular complexity index is 721. The molecule has 0 radical (unpaired) electrons. The van der Waals surface area contributed by atoms with Crippen molar-refractivity contribution in [2.45, 2.75) is 31.5 Å². The maximum absolute atomic E-state index is 12.4. The molecule has 21 heavy (non-hydrogen) atoms. The molecule has 0 bridgehead atoms. The fraction of sp³-hybridized carbons (Fsp3) is 0.333. The summed E-state index contributed by atoms with van der Waals surface area (Å²) in [6.07, 6.45) is 0. The summed E-state index contributed by atoms with van der Waals surface area (Å²) in [4.78, 5) is 1.01. The van der Waals surface area contributed by atoms with E-state index in [1.807, 2.05) is 39.0 Å². The summed E-state index contributed by atoms with van der Waals surface area (Å²) in [7, 11) is -3.51. The van der Waals surface area contributed by atoms with Gasteiger partial charge in [-0.1, -0.05) is 24.6 Å². The van der Waals surface area contributed by atoms with Gasteiger partial charge >= 0.3 is 0 Å². The maximum atomic E-state index is 12.4. The lowest BCUT2D eigenvalue weighted by Crippen LogP contribution is -2.12. The van der Waals surface area contributed by atoms with Crippen molar-refractivity contribution in [2.75, 3.05) is 11.3 Å². The zero-order chi connectivity index (χ0) is 15.5. The monoisotopic (exact) mass is 324 g/mol. The van der Waals surface area contributed by atoms with Gasteiger partial charge in [-0.25, -0.2) is 8.42 Å². The van der Waals surface area contributed by atoms with Crippen LogP contribution in [0.25, 0.3) is 0 Å². The largest absolute Gasteiger partial charge is 0.312 e. The molecular formula is C15H20N2O2S2. The van der Waals surface area contributed by atoms with Crippen molar-refractivity contribution in [3.05, 3.63) is 46.3 Å². The van der Waals surface area contributed by atoms with Gasteiger partial charge < -0.3 is 5.32 Å². The first-order valence-electron chi connectivity index (χ1n) is 6.82. The third-order valence-electron chi connectivity index (χ3n) is 3.08. The van der Waals surface area contributed by atoms with Gasteiger partial charge in [0.2, 0.25) is 0 Å². The second-order valence-corrected chi connectivity index (χ2v) is 8.00. The van der Waals surface area contributed by atoms with Crippen LogP contribution < -0.4 is 10.0 Å². The van der Waals surface area contributed by atoms with E-state index in [4.69, 9.17) is 0 Å². The number of anilines is 1. The third kappa shape index (κ3) is 4.06. The predicted octanol–water partition coefficient (Wildman–Crippen LogP) is 3.28. The molecule has 0 unspecified atom stereocenters. The van der Waals surface area contributed by atoms with E-state index in [0.29, 0.717) is 16.4 Å². The topological polar surface area (TPSA) is 58.2 Å². The zero-order valence-corrected chi connectivity index (χ0v) is 14.1. The summed E-state index contributed by atoms with van der Waals surface area (Å²) >= 11 is 1.30. The van der Waals surface area contributed by atoms with E-state index in [0.717, 1.165) is 22.5 Å². The van der Waals surface area contributed by atoms with E-state index in [1.165, 1.54) is 11.3 Å². The summed E-state index contributed by atoms with van der Waals surface area (Å²) in [5.41, 5.74) is 2.66. The van der Waals surface area contributed by atoms with E-state index < -0.39 is 10.0 Å². The lowest BCUT2D eigenvalue weighted by atomic mass is 10.1. The summed E-state index contributed by atoms with van der Waals surface area (Å²) in [6, 6.07) is 9.17. The smallest absolute Gasteiger partial charge is 0.271 e. The van der Waals surface area contributed by atoms with E-state index in [2.05, 4.69) is 10.0 Å². The van der Waals surface area contributed by atoms with Crippen LogP contribution >= 0.6 is 11.3 Å². The van der Waals surface area contributed by atoms with Crippen LogP contribution in [0.4, 0.5) is 5.69 Å². The molecule has 0 saturated carbocycles. The first-order chi connectivity index (χ1) is 9.92. The van der Waals surface area contributed by atoms with Crippen LogP contribution in [0.2, 0.25) is 0 Å². The minimum absolute atomic E-state index is 0.343. The van der Waals surface area contributed by atoms with E-state index in [1.54, 1.807) is 12.1 Å². The summed E-state index contributed by atoms with van der Waals surface area (Å²) in [5, 5.41) is 3.19. The average Bonchev–Trinajstić information content (AvgIpc) is 2.89. The standard InChI is InChI=1S/C15H20N2O2S2/c1-4-16-10-13-6-8-15(20-13)21(18,19)17-14-7-5-11(2)9-12(14)3/h5-9,16-17H,4,10H2,1-3H3. The van der Waals surface area contributed by atoms with Gasteiger partial charge in [0.15, 0.2) is 0 Å². The molecule has 2 N–H and O–H groups in total. The quantitative estimate of drug-likeness (QED) is 0.857. The van der Waals surface area contributed by atoms with Gasteiger partial charge in [-0.15, -0.1) is 11.3 Å². The first kappa shape index (κ1) is 16.0. The molecule has 0 aliphatic rings. The molecule has 0 fully saturated rings. The molecule has 2 aromatic rings. The van der Waals surface area contributed by atoms with E-state index in [9.17, 15) is 8.42 Å². The molecule has 114 valence electrons. The van der Waals surface area contributed by atoms with Crippen LogP contribution in [-0.2, 0) is 16.6 Å². The Morgan fingerprint density at radius 3 is 2.57 bits per heavy atom. The number of nitrogens with one attached hydrogen (secondary N) is 2. The molecule has 1 aromatic heterocycles. The van der Waals surface area contributed by atoms with Crippen molar-refractivity contribution in [3.63, 3.8) is 0 Å². The Morgan fingerprint density at radius 2 is 1.90 bits per heavy atom. The van der Waals surface area contributed by atoms with Gasteiger partial charge in [-0.3, -0.25) is 4.72 Å². The van der Waals surface area contributed by atoms with E-state index in [-0.39, 0.29) is 0 Å². The Hall–Kier alpha value is -1.37. The van der Waals surface area contributed by atoms with Crippen LogP contribution in [0.15, 0.2) is 34.5 Å². The van der Waals surface area contributed by atoms with Crippen molar-refractivity contribution in [1.82, 2.24) is 5.32 Å². The van der Waals surface area contributed by atoms with Gasteiger partial charge in [0.05, 0.1) is 5.69 Å². The zero-order valence-electron chi connectivity index (χ0n) is 12.4. The lowest BCUT2D eigenvalue weighted by molar-refractivity contribution is 0.603. The highest BCUT2D eigenvalue weighted by molar-refractivity contribution is 7.94. The molecule has 0 atom stereocenters. The Balaban J connectivity index is 2.19. The second kappa shape index (κ2) is 6.60. The fourth-order valence-corrected chi connectivity index (χ4v) is 4.43.